The molecule has 0 aliphatic heterocycles. The van der Waals surface area contributed by atoms with Crippen LogP contribution in [-0.2, 0) is 11.0 Å². The summed E-state index contributed by atoms with van der Waals surface area (Å²) < 4.78 is 57.7. The van der Waals surface area contributed by atoms with E-state index in [0.717, 1.165) is 25.3 Å². The van der Waals surface area contributed by atoms with Crippen molar-refractivity contribution in [2.24, 2.45) is 0 Å². The molecular weight excluding hydrogens is 421 g/mol. The van der Waals surface area contributed by atoms with Gasteiger partial charge in [-0.1, -0.05) is 47.1 Å². The Labute approximate surface area is 187 Å². The molecule has 1 unspecified atom stereocenters. The lowest BCUT2D eigenvalue weighted by atomic mass is 10.1. The normalized spacial score (nSPS) is 14.4. The van der Waals surface area contributed by atoms with E-state index in [4.69, 9.17) is 0 Å². The van der Waals surface area contributed by atoms with Gasteiger partial charge in [0.1, 0.15) is 22.5 Å². The van der Waals surface area contributed by atoms with E-state index in [2.05, 4.69) is 23.9 Å². The zero-order chi connectivity index (χ0) is 23.8. The lowest BCUT2D eigenvalue weighted by Crippen LogP contribution is -2.23. The molecule has 0 amide bonds. The zero-order valence-corrected chi connectivity index (χ0v) is 20.4. The third-order valence-electron chi connectivity index (χ3n) is 4.84. The van der Waals surface area contributed by atoms with Crippen molar-refractivity contribution in [2.75, 3.05) is 10.0 Å². The molecule has 2 aromatic carbocycles. The minimum atomic E-state index is -1.45. The second-order valence-electron chi connectivity index (χ2n) is 7.46. The molecule has 1 fully saturated rings. The topological polar surface area (TPSA) is 41.1 Å². The fourth-order valence-corrected chi connectivity index (χ4v) is 4.27. The van der Waals surface area contributed by atoms with E-state index in [9.17, 15) is 17.4 Å². The quantitative estimate of drug-likeness (QED) is 0.463. The van der Waals surface area contributed by atoms with Gasteiger partial charge in [0.05, 0.1) is 16.1 Å². The van der Waals surface area contributed by atoms with Crippen LogP contribution in [-0.4, -0.2) is 8.96 Å². The number of benzene rings is 2. The molecule has 1 atom stereocenters. The van der Waals surface area contributed by atoms with Crippen LogP contribution in [0.1, 0.15) is 71.4 Å². The summed E-state index contributed by atoms with van der Waals surface area (Å²) in [6.45, 7) is 13.5. The van der Waals surface area contributed by atoms with Crippen molar-refractivity contribution in [3.8, 4) is 0 Å². The van der Waals surface area contributed by atoms with Crippen LogP contribution in [0.4, 0.5) is 30.2 Å². The van der Waals surface area contributed by atoms with E-state index in [1.165, 1.54) is 18.6 Å². The van der Waals surface area contributed by atoms with Crippen LogP contribution in [0.15, 0.2) is 24.3 Å². The average molecular weight is 457 g/mol. The highest BCUT2D eigenvalue weighted by atomic mass is 32.2. The van der Waals surface area contributed by atoms with E-state index in [-0.39, 0.29) is 21.8 Å². The van der Waals surface area contributed by atoms with Crippen LogP contribution < -0.4 is 10.0 Å². The molecule has 1 saturated carbocycles. The molecule has 3 rings (SSSR count). The Bertz CT molecular complexity index is 899. The first-order valence-corrected chi connectivity index (χ1v) is 12.0. The molecule has 31 heavy (non-hydrogen) atoms. The van der Waals surface area contributed by atoms with Gasteiger partial charge >= 0.3 is 0 Å². The number of hydrogen-bond acceptors (Lipinski definition) is 2. The second kappa shape index (κ2) is 12.1. The van der Waals surface area contributed by atoms with Crippen molar-refractivity contribution in [3.63, 3.8) is 0 Å². The van der Waals surface area contributed by atoms with Crippen molar-refractivity contribution in [3.05, 3.63) is 52.8 Å². The molecule has 7 heteroatoms. The van der Waals surface area contributed by atoms with Gasteiger partial charge in [-0.3, -0.25) is 0 Å². The molecule has 174 valence electrons. The van der Waals surface area contributed by atoms with Gasteiger partial charge in [-0.05, 0) is 62.4 Å². The van der Waals surface area contributed by atoms with Crippen LogP contribution in [0.2, 0.25) is 0 Å². The summed E-state index contributed by atoms with van der Waals surface area (Å²) in [6.07, 6.45) is 3.62. The molecule has 1 aliphatic rings. The standard InChI is InChI=1S/C19H21F3N2OS.C3H8.C2H6/c1-4-19(7-8-19)26(25)24-17-12(3)10-14(21)16(22)18(17)23-15-6-5-11(2)9-13(15)20;1-3-2;1-2/h5-6,9-10,23-24H,4,7-8H2,1-3H3;3H2,1-2H3;1-2H3. The SMILES string of the molecule is CC.CCC.CCC1(S(=O)Nc2c(C)cc(F)c(F)c2Nc2ccc(C)cc2F)CC1. The largest absolute Gasteiger partial charge is 0.349 e. The van der Waals surface area contributed by atoms with Crippen LogP contribution in [0.3, 0.4) is 0 Å². The first-order chi connectivity index (χ1) is 14.7. The van der Waals surface area contributed by atoms with Gasteiger partial charge in [-0.25, -0.2) is 17.4 Å². The van der Waals surface area contributed by atoms with Gasteiger partial charge in [0.25, 0.3) is 0 Å². The van der Waals surface area contributed by atoms with Crippen molar-refractivity contribution in [2.45, 2.75) is 78.9 Å². The Balaban J connectivity index is 0.000000884. The zero-order valence-electron chi connectivity index (χ0n) is 19.6. The van der Waals surface area contributed by atoms with Crippen LogP contribution >= 0.6 is 0 Å². The first kappa shape index (κ1) is 27.0. The summed E-state index contributed by atoms with van der Waals surface area (Å²) in [7, 11) is -1.45. The molecule has 0 bridgehead atoms. The molecular formula is C24H35F3N2OS. The Morgan fingerprint density at radius 3 is 2.03 bits per heavy atom. The number of anilines is 3. The summed E-state index contributed by atoms with van der Waals surface area (Å²) in [5.74, 6) is -2.77. The molecule has 0 aromatic heterocycles. The number of halogens is 3. The molecule has 2 N–H and O–H groups in total. The fraction of sp³-hybridized carbons (Fsp3) is 0.500. The molecule has 0 saturated heterocycles. The van der Waals surface area contributed by atoms with Crippen LogP contribution in [0, 0.1) is 31.3 Å². The maximum atomic E-state index is 14.5. The van der Waals surface area contributed by atoms with Gasteiger partial charge < -0.3 is 10.0 Å². The van der Waals surface area contributed by atoms with E-state index in [0.29, 0.717) is 11.1 Å². The minimum Gasteiger partial charge on any atom is -0.349 e. The van der Waals surface area contributed by atoms with Gasteiger partial charge in [0, 0.05) is 0 Å². The molecule has 2 aromatic rings. The lowest BCUT2D eigenvalue weighted by Gasteiger charge is -2.20. The number of hydrogen-bond donors (Lipinski definition) is 2. The van der Waals surface area contributed by atoms with Gasteiger partial charge in [0.2, 0.25) is 0 Å². The van der Waals surface area contributed by atoms with E-state index in [1.54, 1.807) is 19.9 Å². The van der Waals surface area contributed by atoms with Crippen molar-refractivity contribution in [1.29, 1.82) is 0 Å². The number of nitrogens with one attached hydrogen (secondary N) is 2. The third kappa shape index (κ3) is 6.73. The predicted molar refractivity (Wildman–Crippen MR) is 127 cm³/mol. The fourth-order valence-electron chi connectivity index (χ4n) is 2.87. The lowest BCUT2D eigenvalue weighted by molar-refractivity contribution is 0.511. The number of rotatable bonds is 6. The summed E-state index contributed by atoms with van der Waals surface area (Å²) >= 11 is 0. The van der Waals surface area contributed by atoms with Crippen molar-refractivity contribution >= 4 is 28.0 Å². The summed E-state index contributed by atoms with van der Waals surface area (Å²) in [4.78, 5) is 0. The van der Waals surface area contributed by atoms with Gasteiger partial charge in [-0.2, -0.15) is 0 Å². The average Bonchev–Trinajstić information content (AvgIpc) is 3.54. The second-order valence-corrected chi connectivity index (χ2v) is 9.07. The summed E-state index contributed by atoms with van der Waals surface area (Å²) in [6, 6.07) is 5.46. The van der Waals surface area contributed by atoms with Crippen molar-refractivity contribution in [1.82, 2.24) is 0 Å². The summed E-state index contributed by atoms with van der Waals surface area (Å²) in [5, 5.41) is 2.63. The monoisotopic (exact) mass is 456 g/mol. The smallest absolute Gasteiger partial charge is 0.184 e. The predicted octanol–water partition coefficient (Wildman–Crippen LogP) is 7.93. The Morgan fingerprint density at radius 1 is 0.968 bits per heavy atom. The maximum absolute atomic E-state index is 14.5. The maximum Gasteiger partial charge on any atom is 0.184 e. The Hall–Kier alpha value is -2.02. The number of aryl methyl sites for hydroxylation is 2. The molecule has 0 heterocycles. The third-order valence-corrected chi connectivity index (χ3v) is 6.71. The molecule has 0 radical (unpaired) electrons. The highest BCUT2D eigenvalue weighted by Gasteiger charge is 2.47. The van der Waals surface area contributed by atoms with E-state index in [1.807, 2.05) is 20.8 Å². The molecule has 0 spiro atoms. The highest BCUT2D eigenvalue weighted by Crippen LogP contribution is 2.46. The van der Waals surface area contributed by atoms with Gasteiger partial charge in [-0.15, -0.1) is 0 Å². The van der Waals surface area contributed by atoms with Crippen LogP contribution in [0.25, 0.3) is 0 Å². The molecule has 3 nitrogen and oxygen atoms in total. The molecule has 1 aliphatic carbocycles. The minimum absolute atomic E-state index is 0.0185. The van der Waals surface area contributed by atoms with E-state index < -0.39 is 28.4 Å². The Kier molecular flexibility index (Phi) is 10.6. The first-order valence-electron chi connectivity index (χ1n) is 10.9. The van der Waals surface area contributed by atoms with Gasteiger partial charge in [0.15, 0.2) is 11.6 Å². The van der Waals surface area contributed by atoms with Crippen molar-refractivity contribution < 1.29 is 17.4 Å². The highest BCUT2D eigenvalue weighted by molar-refractivity contribution is 7.88. The van der Waals surface area contributed by atoms with Crippen LogP contribution in [0.5, 0.6) is 0 Å². The van der Waals surface area contributed by atoms with E-state index >= 15 is 0 Å². The summed E-state index contributed by atoms with van der Waals surface area (Å²) in [5.41, 5.74) is 1.05. The Morgan fingerprint density at radius 2 is 1.55 bits per heavy atom.